The van der Waals surface area contributed by atoms with E-state index in [0.29, 0.717) is 38.9 Å². The number of carbonyl (C=O) groups is 1. The summed E-state index contributed by atoms with van der Waals surface area (Å²) in [5.41, 5.74) is 2.56. The lowest BCUT2D eigenvalue weighted by molar-refractivity contribution is 0.102. The molecular weight excluding hydrogens is 494 g/mol. The average Bonchev–Trinajstić information content (AvgIpc) is 3.39. The van der Waals surface area contributed by atoms with E-state index in [-0.39, 0.29) is 5.91 Å². The number of nitrogens with one attached hydrogen (secondary N) is 1. The Labute approximate surface area is 196 Å². The van der Waals surface area contributed by atoms with E-state index in [0.717, 1.165) is 10.2 Å². The van der Waals surface area contributed by atoms with Crippen LogP contribution >= 0.6 is 27.5 Å². The van der Waals surface area contributed by atoms with Crippen LogP contribution in [0.5, 0.6) is 0 Å². The van der Waals surface area contributed by atoms with Gasteiger partial charge in [-0.2, -0.15) is 14.9 Å². The van der Waals surface area contributed by atoms with Crippen molar-refractivity contribution in [2.24, 2.45) is 0 Å². The van der Waals surface area contributed by atoms with Crippen LogP contribution in [0.1, 0.15) is 16.1 Å². The number of aryl methyl sites for hydroxylation is 1. The average molecular weight is 509 g/mol. The Morgan fingerprint density at radius 2 is 1.88 bits per heavy atom. The third kappa shape index (κ3) is 3.65. The van der Waals surface area contributed by atoms with E-state index in [1.807, 2.05) is 37.3 Å². The van der Waals surface area contributed by atoms with Crippen LogP contribution in [0.3, 0.4) is 0 Å². The summed E-state index contributed by atoms with van der Waals surface area (Å²) < 4.78 is 4.05. The van der Waals surface area contributed by atoms with E-state index in [1.165, 1.54) is 6.33 Å². The highest BCUT2D eigenvalue weighted by atomic mass is 79.9. The van der Waals surface area contributed by atoms with Crippen LogP contribution in [0.2, 0.25) is 5.02 Å². The van der Waals surface area contributed by atoms with Gasteiger partial charge in [0.05, 0.1) is 33.6 Å². The summed E-state index contributed by atoms with van der Waals surface area (Å²) in [4.78, 5) is 21.8. The van der Waals surface area contributed by atoms with Crippen molar-refractivity contribution < 1.29 is 4.79 Å². The Morgan fingerprint density at radius 3 is 2.69 bits per heavy atom. The smallest absolute Gasteiger partial charge is 0.258 e. The number of anilines is 1. The molecule has 8 nitrogen and oxygen atoms in total. The molecule has 0 spiro atoms. The molecule has 0 aliphatic carbocycles. The third-order valence-corrected chi connectivity index (χ3v) is 5.62. The molecule has 0 radical (unpaired) electrons. The molecule has 0 atom stereocenters. The Morgan fingerprint density at radius 1 is 1.06 bits per heavy atom. The SMILES string of the molecule is Cc1cc(NC(=O)c2cc(Br)ccc2Cl)n(-c2ncnc3c2cnn3-c2ccccc2)n1. The maximum atomic E-state index is 12.9. The first-order chi connectivity index (χ1) is 15.5. The zero-order valence-electron chi connectivity index (χ0n) is 16.7. The van der Waals surface area contributed by atoms with Crippen molar-refractivity contribution in [1.29, 1.82) is 0 Å². The van der Waals surface area contributed by atoms with Crippen molar-refractivity contribution in [2.75, 3.05) is 5.32 Å². The highest BCUT2D eigenvalue weighted by Gasteiger charge is 2.19. The molecule has 1 N–H and O–H groups in total. The number of rotatable bonds is 4. The minimum atomic E-state index is -0.359. The van der Waals surface area contributed by atoms with Crippen LogP contribution in [0.4, 0.5) is 5.82 Å². The van der Waals surface area contributed by atoms with E-state index in [1.54, 1.807) is 39.8 Å². The summed E-state index contributed by atoms with van der Waals surface area (Å²) in [6, 6.07) is 16.6. The van der Waals surface area contributed by atoms with E-state index in [2.05, 4.69) is 41.4 Å². The molecule has 0 fully saturated rings. The van der Waals surface area contributed by atoms with Gasteiger partial charge in [-0.15, -0.1) is 0 Å². The second kappa shape index (κ2) is 8.18. The van der Waals surface area contributed by atoms with Crippen LogP contribution in [0.15, 0.2) is 71.6 Å². The highest BCUT2D eigenvalue weighted by Crippen LogP contribution is 2.26. The summed E-state index contributed by atoms with van der Waals surface area (Å²) in [6.45, 7) is 1.84. The number of hydrogen-bond acceptors (Lipinski definition) is 5. The molecule has 1 amide bonds. The van der Waals surface area contributed by atoms with Crippen molar-refractivity contribution in [1.82, 2.24) is 29.5 Å². The zero-order valence-corrected chi connectivity index (χ0v) is 19.0. The molecule has 5 aromatic rings. The summed E-state index contributed by atoms with van der Waals surface area (Å²) in [7, 11) is 0. The van der Waals surface area contributed by atoms with Gasteiger partial charge in [-0.05, 0) is 37.3 Å². The topological polar surface area (TPSA) is 90.5 Å². The lowest BCUT2D eigenvalue weighted by Crippen LogP contribution is -2.16. The van der Waals surface area contributed by atoms with E-state index >= 15 is 0 Å². The van der Waals surface area contributed by atoms with Gasteiger partial charge in [0.2, 0.25) is 0 Å². The van der Waals surface area contributed by atoms with Crippen molar-refractivity contribution in [3.63, 3.8) is 0 Å². The van der Waals surface area contributed by atoms with Crippen LogP contribution < -0.4 is 5.32 Å². The fraction of sp³-hybridized carbons (Fsp3) is 0.0455. The number of fused-ring (bicyclic) bond motifs is 1. The molecule has 2 aromatic carbocycles. The number of halogens is 2. The first kappa shape index (κ1) is 20.3. The van der Waals surface area contributed by atoms with Gasteiger partial charge in [0.25, 0.3) is 5.91 Å². The van der Waals surface area contributed by atoms with Gasteiger partial charge in [-0.1, -0.05) is 45.7 Å². The van der Waals surface area contributed by atoms with Crippen LogP contribution in [-0.2, 0) is 0 Å². The maximum absolute atomic E-state index is 12.9. The fourth-order valence-electron chi connectivity index (χ4n) is 3.36. The van der Waals surface area contributed by atoms with Crippen molar-refractivity contribution in [3.8, 4) is 11.5 Å². The normalized spacial score (nSPS) is 11.1. The van der Waals surface area contributed by atoms with Gasteiger partial charge in [-0.25, -0.2) is 14.6 Å². The van der Waals surface area contributed by atoms with Crippen molar-refractivity contribution in [2.45, 2.75) is 6.92 Å². The number of nitrogens with zero attached hydrogens (tertiary/aromatic N) is 6. The summed E-state index contributed by atoms with van der Waals surface area (Å²) >= 11 is 9.59. The predicted molar refractivity (Wildman–Crippen MR) is 126 cm³/mol. The van der Waals surface area contributed by atoms with Gasteiger partial charge >= 0.3 is 0 Å². The lowest BCUT2D eigenvalue weighted by Gasteiger charge is -2.10. The molecular formula is C22H15BrClN7O. The number of para-hydroxylation sites is 1. The summed E-state index contributed by atoms with van der Waals surface area (Å²) in [5, 5.41) is 12.9. The van der Waals surface area contributed by atoms with Gasteiger partial charge in [-0.3, -0.25) is 4.79 Å². The summed E-state index contributed by atoms with van der Waals surface area (Å²) in [5.74, 6) is 0.597. The molecule has 32 heavy (non-hydrogen) atoms. The molecule has 0 unspecified atom stereocenters. The standard InChI is InChI=1S/C22H15BrClN7O/c1-13-9-19(28-22(32)16-10-14(23)7-8-18(16)24)31(29-13)21-17-11-27-30(20(17)25-12-26-21)15-5-3-2-4-6-15/h2-12H,1H3,(H,28,32). The van der Waals surface area contributed by atoms with Gasteiger partial charge in [0, 0.05) is 10.5 Å². The molecule has 3 heterocycles. The van der Waals surface area contributed by atoms with E-state index in [4.69, 9.17) is 11.6 Å². The van der Waals surface area contributed by atoms with Crippen molar-refractivity contribution in [3.05, 3.63) is 87.9 Å². The van der Waals surface area contributed by atoms with E-state index < -0.39 is 0 Å². The second-order valence-corrected chi connectivity index (χ2v) is 8.31. The Kier molecular flexibility index (Phi) is 5.20. The highest BCUT2D eigenvalue weighted by molar-refractivity contribution is 9.10. The number of carbonyl (C=O) groups excluding carboxylic acids is 1. The van der Waals surface area contributed by atoms with E-state index in [9.17, 15) is 4.79 Å². The van der Waals surface area contributed by atoms with Gasteiger partial charge < -0.3 is 5.32 Å². The van der Waals surface area contributed by atoms with Crippen LogP contribution in [0.25, 0.3) is 22.5 Å². The van der Waals surface area contributed by atoms with Crippen molar-refractivity contribution >= 4 is 50.3 Å². The number of aromatic nitrogens is 6. The Bertz CT molecular complexity index is 1460. The molecule has 0 aliphatic rings. The molecule has 0 bridgehead atoms. The molecule has 0 saturated carbocycles. The zero-order chi connectivity index (χ0) is 22.2. The third-order valence-electron chi connectivity index (χ3n) is 4.79. The lowest BCUT2D eigenvalue weighted by atomic mass is 10.2. The Hall–Kier alpha value is -3.56. The van der Waals surface area contributed by atoms with Gasteiger partial charge in [0.1, 0.15) is 12.1 Å². The minimum absolute atomic E-state index is 0.344. The first-order valence-electron chi connectivity index (χ1n) is 9.59. The number of hydrogen-bond donors (Lipinski definition) is 1. The number of benzene rings is 2. The fourth-order valence-corrected chi connectivity index (χ4v) is 3.93. The molecule has 10 heteroatoms. The largest absolute Gasteiger partial charge is 0.306 e. The summed E-state index contributed by atoms with van der Waals surface area (Å²) in [6.07, 6.45) is 3.14. The first-order valence-corrected chi connectivity index (χ1v) is 10.8. The monoisotopic (exact) mass is 507 g/mol. The van der Waals surface area contributed by atoms with Gasteiger partial charge in [0.15, 0.2) is 11.5 Å². The predicted octanol–water partition coefficient (Wildman–Crippen LogP) is 4.98. The second-order valence-electron chi connectivity index (χ2n) is 6.99. The van der Waals surface area contributed by atoms with Crippen LogP contribution in [0, 0.1) is 6.92 Å². The molecule has 5 rings (SSSR count). The molecule has 158 valence electrons. The molecule has 3 aromatic heterocycles. The Balaban J connectivity index is 1.58. The number of amides is 1. The molecule has 0 aliphatic heterocycles. The quantitative estimate of drug-likeness (QED) is 0.370. The maximum Gasteiger partial charge on any atom is 0.258 e. The minimum Gasteiger partial charge on any atom is -0.306 e. The molecule has 0 saturated heterocycles. The van der Waals surface area contributed by atoms with Crippen LogP contribution in [-0.4, -0.2) is 35.4 Å².